The van der Waals surface area contributed by atoms with E-state index >= 15 is 0 Å². The molecule has 1 saturated carbocycles. The number of hydrogen-bond acceptors (Lipinski definition) is 4. The first kappa shape index (κ1) is 15.4. The molecule has 6 heteroatoms. The summed E-state index contributed by atoms with van der Waals surface area (Å²) in [6.45, 7) is 0. The molecular weight excluding hydrogens is 290 g/mol. The highest BCUT2D eigenvalue weighted by molar-refractivity contribution is 7.78. The Balaban J connectivity index is 1.91. The van der Waals surface area contributed by atoms with Crippen molar-refractivity contribution in [2.75, 3.05) is 0 Å². The minimum absolute atomic E-state index is 0.0288. The van der Waals surface area contributed by atoms with Crippen molar-refractivity contribution in [2.24, 2.45) is 10.9 Å². The van der Waals surface area contributed by atoms with Gasteiger partial charge in [0.15, 0.2) is 0 Å². The second-order valence-corrected chi connectivity index (χ2v) is 5.14. The van der Waals surface area contributed by atoms with E-state index in [9.17, 15) is 9.59 Å². The van der Waals surface area contributed by atoms with E-state index < -0.39 is 11.9 Å². The first-order chi connectivity index (χ1) is 10.1. The maximum absolute atomic E-state index is 11.5. The van der Waals surface area contributed by atoms with Crippen LogP contribution in [0.4, 0.5) is 0 Å². The van der Waals surface area contributed by atoms with Gasteiger partial charge in [0.25, 0.3) is 5.91 Å². The summed E-state index contributed by atoms with van der Waals surface area (Å²) >= 11 is 4.39. The number of thiocarbonyl (C=S) groups is 1. The Morgan fingerprint density at radius 1 is 1.19 bits per heavy atom. The van der Waals surface area contributed by atoms with E-state index in [0.29, 0.717) is 24.2 Å². The van der Waals surface area contributed by atoms with Crippen LogP contribution in [0.15, 0.2) is 29.3 Å². The second-order valence-electron chi connectivity index (χ2n) is 4.96. The zero-order valence-corrected chi connectivity index (χ0v) is 12.1. The fourth-order valence-electron chi connectivity index (χ4n) is 2.40. The summed E-state index contributed by atoms with van der Waals surface area (Å²) in [7, 11) is 0. The molecular formula is C15H15NO4S. The number of benzene rings is 1. The number of ether oxygens (including phenoxy) is 1. The third-order valence-corrected chi connectivity index (χ3v) is 3.67. The number of hydrogen-bond donors (Lipinski definition) is 1. The number of aliphatic carboxylic acids is 1. The van der Waals surface area contributed by atoms with Gasteiger partial charge in [-0.1, -0.05) is 0 Å². The van der Waals surface area contributed by atoms with Crippen molar-refractivity contribution in [1.29, 1.82) is 0 Å². The molecule has 1 aromatic carbocycles. The lowest BCUT2D eigenvalue weighted by Gasteiger charge is -2.26. The molecule has 0 aromatic heterocycles. The number of amides is 1. The van der Waals surface area contributed by atoms with Crippen LogP contribution in [0.3, 0.4) is 0 Å². The standard InChI is InChI=1S/C15H15NO4S/c17-14(16-9-21)10-1-5-12(6-2-10)20-13-7-3-11(4-8-13)15(18)19/h1-2,5-6,11,13H,3-4,7-8H2,(H,18,19). The van der Waals surface area contributed by atoms with Crippen LogP contribution in [0.5, 0.6) is 5.75 Å². The summed E-state index contributed by atoms with van der Waals surface area (Å²) in [5, 5.41) is 11.0. The molecule has 0 saturated heterocycles. The molecule has 0 unspecified atom stereocenters. The van der Waals surface area contributed by atoms with Crippen molar-refractivity contribution >= 4 is 29.3 Å². The van der Waals surface area contributed by atoms with Gasteiger partial charge in [0.1, 0.15) is 5.75 Å². The molecule has 0 heterocycles. The quantitative estimate of drug-likeness (QED) is 0.683. The van der Waals surface area contributed by atoms with E-state index in [-0.39, 0.29) is 12.0 Å². The number of nitrogens with zero attached hydrogens (tertiary/aromatic N) is 1. The van der Waals surface area contributed by atoms with Crippen LogP contribution in [0.2, 0.25) is 0 Å². The monoisotopic (exact) mass is 305 g/mol. The first-order valence-electron chi connectivity index (χ1n) is 6.72. The number of carboxylic acid groups (broad SMARTS) is 1. The summed E-state index contributed by atoms with van der Waals surface area (Å²) in [5.41, 5.74) is 0.425. The number of carbonyl (C=O) groups excluding carboxylic acids is 1. The topological polar surface area (TPSA) is 76.0 Å². The summed E-state index contributed by atoms with van der Waals surface area (Å²) in [4.78, 5) is 25.7. The first-order valence-corrected chi connectivity index (χ1v) is 7.12. The predicted octanol–water partition coefficient (Wildman–Crippen LogP) is 2.95. The van der Waals surface area contributed by atoms with E-state index in [1.807, 2.05) is 5.16 Å². The zero-order valence-electron chi connectivity index (χ0n) is 11.3. The van der Waals surface area contributed by atoms with Gasteiger partial charge in [-0.2, -0.15) is 4.99 Å². The number of carboxylic acids is 1. The van der Waals surface area contributed by atoms with Crippen molar-refractivity contribution in [3.63, 3.8) is 0 Å². The lowest BCUT2D eigenvalue weighted by Crippen LogP contribution is -2.27. The van der Waals surface area contributed by atoms with Gasteiger partial charge in [0.2, 0.25) is 0 Å². The van der Waals surface area contributed by atoms with Gasteiger partial charge in [0, 0.05) is 5.56 Å². The van der Waals surface area contributed by atoms with Crippen LogP contribution in [0, 0.1) is 5.92 Å². The Bertz CT molecular complexity index is 570. The Labute approximate surface area is 127 Å². The maximum atomic E-state index is 11.5. The lowest BCUT2D eigenvalue weighted by molar-refractivity contribution is -0.143. The van der Waals surface area contributed by atoms with Crippen LogP contribution in [0.25, 0.3) is 0 Å². The van der Waals surface area contributed by atoms with Crippen molar-refractivity contribution in [2.45, 2.75) is 31.8 Å². The van der Waals surface area contributed by atoms with Crippen LogP contribution < -0.4 is 4.74 Å². The van der Waals surface area contributed by atoms with Crippen molar-refractivity contribution < 1.29 is 19.4 Å². The lowest BCUT2D eigenvalue weighted by atomic mass is 9.87. The molecule has 1 N–H and O–H groups in total. The van der Waals surface area contributed by atoms with Crippen molar-refractivity contribution in [3.05, 3.63) is 29.8 Å². The Morgan fingerprint density at radius 2 is 1.81 bits per heavy atom. The third kappa shape index (κ3) is 4.21. The van der Waals surface area contributed by atoms with E-state index in [4.69, 9.17) is 9.84 Å². The number of aliphatic imine (C=N–C) groups is 1. The molecule has 1 amide bonds. The fourth-order valence-corrected chi connectivity index (χ4v) is 2.49. The predicted molar refractivity (Wildman–Crippen MR) is 79.8 cm³/mol. The summed E-state index contributed by atoms with van der Waals surface area (Å²) in [6.07, 6.45) is 2.76. The highest BCUT2D eigenvalue weighted by Crippen LogP contribution is 2.28. The Hall–Kier alpha value is -2.04. The van der Waals surface area contributed by atoms with Gasteiger partial charge in [-0.3, -0.25) is 9.59 Å². The zero-order chi connectivity index (χ0) is 15.2. The molecule has 0 radical (unpaired) electrons. The molecule has 1 aromatic rings. The fraction of sp³-hybridized carbons (Fsp3) is 0.400. The number of carbonyl (C=O) groups is 2. The van der Waals surface area contributed by atoms with Gasteiger partial charge in [0.05, 0.1) is 17.2 Å². The maximum Gasteiger partial charge on any atom is 0.306 e. The molecule has 0 bridgehead atoms. The minimum atomic E-state index is -0.726. The van der Waals surface area contributed by atoms with Crippen LogP contribution in [0.1, 0.15) is 36.0 Å². The SMILES string of the molecule is O=C(N=C=S)c1ccc(OC2CCC(C(=O)O)CC2)cc1. The van der Waals surface area contributed by atoms with Gasteiger partial charge in [-0.15, -0.1) is 0 Å². The van der Waals surface area contributed by atoms with Crippen LogP contribution >= 0.6 is 12.2 Å². The molecule has 0 spiro atoms. The van der Waals surface area contributed by atoms with Crippen molar-refractivity contribution in [3.8, 4) is 5.75 Å². The summed E-state index contributed by atoms with van der Waals surface area (Å²) in [5.74, 6) is -0.747. The van der Waals surface area contributed by atoms with E-state index in [2.05, 4.69) is 17.2 Å². The molecule has 0 aliphatic heterocycles. The number of isothiocyanates is 1. The van der Waals surface area contributed by atoms with E-state index in [0.717, 1.165) is 12.8 Å². The number of rotatable bonds is 4. The van der Waals surface area contributed by atoms with Gasteiger partial charge in [-0.25, -0.2) is 0 Å². The smallest absolute Gasteiger partial charge is 0.306 e. The average molecular weight is 305 g/mol. The second kappa shape index (κ2) is 7.11. The van der Waals surface area contributed by atoms with Gasteiger partial charge >= 0.3 is 5.97 Å². The van der Waals surface area contributed by atoms with Gasteiger partial charge in [-0.05, 0) is 62.2 Å². The molecule has 0 atom stereocenters. The summed E-state index contributed by atoms with van der Waals surface area (Å²) in [6, 6.07) is 6.65. The largest absolute Gasteiger partial charge is 0.490 e. The molecule has 1 aliphatic rings. The highest BCUT2D eigenvalue weighted by atomic mass is 32.1. The van der Waals surface area contributed by atoms with Crippen molar-refractivity contribution in [1.82, 2.24) is 0 Å². The van der Waals surface area contributed by atoms with Crippen LogP contribution in [-0.2, 0) is 4.79 Å². The van der Waals surface area contributed by atoms with Crippen LogP contribution in [-0.4, -0.2) is 28.2 Å². The minimum Gasteiger partial charge on any atom is -0.490 e. The molecule has 5 nitrogen and oxygen atoms in total. The van der Waals surface area contributed by atoms with E-state index in [1.54, 1.807) is 24.3 Å². The van der Waals surface area contributed by atoms with Gasteiger partial charge < -0.3 is 9.84 Å². The highest BCUT2D eigenvalue weighted by Gasteiger charge is 2.26. The normalized spacial score (nSPS) is 21.1. The molecule has 21 heavy (non-hydrogen) atoms. The molecule has 1 fully saturated rings. The third-order valence-electron chi connectivity index (χ3n) is 3.57. The molecule has 1 aliphatic carbocycles. The molecule has 110 valence electrons. The van der Waals surface area contributed by atoms with E-state index in [1.165, 1.54) is 0 Å². The average Bonchev–Trinajstić information content (AvgIpc) is 2.49. The summed E-state index contributed by atoms with van der Waals surface area (Å²) < 4.78 is 5.81. The molecule has 2 rings (SSSR count). The Kier molecular flexibility index (Phi) is 5.20. The Morgan fingerprint density at radius 3 is 2.33 bits per heavy atom.